The number of nitrogens with zero attached hydrogens (tertiary/aromatic N) is 5. The topological polar surface area (TPSA) is 60.0 Å². The molecule has 0 bridgehead atoms. The number of imidazole rings is 1. The maximum absolute atomic E-state index is 4.85. The van der Waals surface area contributed by atoms with Gasteiger partial charge in [0.2, 0.25) is 0 Å². The lowest BCUT2D eigenvalue weighted by molar-refractivity contribution is 0.629. The summed E-state index contributed by atoms with van der Waals surface area (Å²) in [6.45, 7) is 4.05. The molecule has 2 aliphatic carbocycles. The fourth-order valence-electron chi connectivity index (χ4n) is 4.92. The van der Waals surface area contributed by atoms with E-state index in [-0.39, 0.29) is 0 Å². The third kappa shape index (κ3) is 2.67. The number of hydrogen-bond acceptors (Lipinski definition) is 4. The van der Waals surface area contributed by atoms with Gasteiger partial charge in [0.15, 0.2) is 5.65 Å². The minimum Gasteiger partial charge on any atom is -0.367 e. The van der Waals surface area contributed by atoms with Crippen molar-refractivity contribution in [2.45, 2.75) is 45.6 Å². The van der Waals surface area contributed by atoms with E-state index >= 15 is 0 Å². The fraction of sp³-hybridized carbons (Fsp3) is 0.292. The predicted octanol–water partition coefficient (Wildman–Crippen LogP) is 4.51. The molecule has 6 rings (SSSR count). The standard InChI is InChI=1S/C24H24N6/c1-15-14-26-30-23(13-22(28-24(15)30)29-10-9-25-16(29)2)27-19-8-7-18-11-17-5-3-4-6-20(17)21(18)12-19/h3-6,9-10,13-14,19,27H,7-8,11-12H2,1-2H3. The molecular weight excluding hydrogens is 372 g/mol. The summed E-state index contributed by atoms with van der Waals surface area (Å²) in [4.78, 5) is 9.21. The molecule has 0 saturated carbocycles. The molecule has 1 atom stereocenters. The van der Waals surface area contributed by atoms with Crippen LogP contribution in [0.5, 0.6) is 0 Å². The normalized spacial score (nSPS) is 18.0. The molecule has 6 heteroatoms. The van der Waals surface area contributed by atoms with E-state index in [0.717, 1.165) is 54.4 Å². The number of benzene rings is 1. The van der Waals surface area contributed by atoms with Crippen molar-refractivity contribution < 1.29 is 0 Å². The summed E-state index contributed by atoms with van der Waals surface area (Å²) in [5, 5.41) is 8.38. The number of nitrogens with one attached hydrogen (secondary N) is 1. The third-order valence-electron chi connectivity index (χ3n) is 6.48. The summed E-state index contributed by atoms with van der Waals surface area (Å²) in [7, 11) is 0. The molecule has 1 aromatic carbocycles. The van der Waals surface area contributed by atoms with Crippen LogP contribution in [0, 0.1) is 13.8 Å². The number of anilines is 1. The van der Waals surface area contributed by atoms with Crippen molar-refractivity contribution in [1.82, 2.24) is 24.1 Å². The van der Waals surface area contributed by atoms with Crippen LogP contribution in [0.3, 0.4) is 0 Å². The number of aryl methyl sites for hydroxylation is 2. The smallest absolute Gasteiger partial charge is 0.162 e. The van der Waals surface area contributed by atoms with Crippen LogP contribution in [0.15, 0.2) is 54.5 Å². The average molecular weight is 396 g/mol. The average Bonchev–Trinajstić information content (AvgIpc) is 3.45. The zero-order chi connectivity index (χ0) is 20.2. The Bertz CT molecular complexity index is 1310. The van der Waals surface area contributed by atoms with Crippen molar-refractivity contribution in [1.29, 1.82) is 0 Å². The quantitative estimate of drug-likeness (QED) is 0.554. The highest BCUT2D eigenvalue weighted by Crippen LogP contribution is 2.42. The van der Waals surface area contributed by atoms with Crippen LogP contribution in [-0.2, 0) is 6.42 Å². The van der Waals surface area contributed by atoms with Gasteiger partial charge >= 0.3 is 0 Å². The molecule has 150 valence electrons. The van der Waals surface area contributed by atoms with Gasteiger partial charge in [0.05, 0.1) is 6.20 Å². The van der Waals surface area contributed by atoms with Crippen molar-refractivity contribution in [3.8, 4) is 5.82 Å². The lowest BCUT2D eigenvalue weighted by Crippen LogP contribution is -2.25. The molecule has 2 aliphatic rings. The van der Waals surface area contributed by atoms with E-state index < -0.39 is 0 Å². The summed E-state index contributed by atoms with van der Waals surface area (Å²) in [6, 6.07) is 11.3. The van der Waals surface area contributed by atoms with Gasteiger partial charge in [0.1, 0.15) is 17.5 Å². The number of rotatable bonds is 3. The van der Waals surface area contributed by atoms with Crippen LogP contribution in [0.1, 0.15) is 41.8 Å². The minimum atomic E-state index is 0.377. The molecule has 0 saturated heterocycles. The Morgan fingerprint density at radius 1 is 1.17 bits per heavy atom. The molecular formula is C24H24N6. The van der Waals surface area contributed by atoms with Crippen LogP contribution in [0.25, 0.3) is 17.0 Å². The second kappa shape index (κ2) is 6.55. The summed E-state index contributed by atoms with van der Waals surface area (Å²) < 4.78 is 3.95. The fourth-order valence-corrected chi connectivity index (χ4v) is 4.92. The van der Waals surface area contributed by atoms with E-state index in [9.17, 15) is 0 Å². The van der Waals surface area contributed by atoms with Gasteiger partial charge in [-0.1, -0.05) is 29.8 Å². The Morgan fingerprint density at radius 3 is 2.93 bits per heavy atom. The summed E-state index contributed by atoms with van der Waals surface area (Å²) in [5.41, 5.74) is 8.04. The van der Waals surface area contributed by atoms with Crippen LogP contribution >= 0.6 is 0 Å². The van der Waals surface area contributed by atoms with Crippen molar-refractivity contribution in [3.63, 3.8) is 0 Å². The predicted molar refractivity (Wildman–Crippen MR) is 118 cm³/mol. The Morgan fingerprint density at radius 2 is 2.07 bits per heavy atom. The molecule has 0 spiro atoms. The first-order valence-electron chi connectivity index (χ1n) is 10.6. The first-order valence-corrected chi connectivity index (χ1v) is 10.6. The third-order valence-corrected chi connectivity index (χ3v) is 6.48. The molecule has 4 aromatic rings. The van der Waals surface area contributed by atoms with E-state index in [1.54, 1.807) is 11.1 Å². The molecule has 30 heavy (non-hydrogen) atoms. The molecule has 3 aromatic heterocycles. The molecule has 0 amide bonds. The maximum atomic E-state index is 4.85. The second-order valence-corrected chi connectivity index (χ2v) is 8.41. The number of fused-ring (bicyclic) bond motifs is 3. The summed E-state index contributed by atoms with van der Waals surface area (Å²) in [6.07, 6.45) is 10.1. The van der Waals surface area contributed by atoms with Crippen molar-refractivity contribution in [2.24, 2.45) is 0 Å². The number of aromatic nitrogens is 5. The van der Waals surface area contributed by atoms with Crippen molar-refractivity contribution >= 4 is 17.0 Å². The highest BCUT2D eigenvalue weighted by Gasteiger charge is 2.28. The number of hydrogen-bond donors (Lipinski definition) is 1. The van der Waals surface area contributed by atoms with Gasteiger partial charge in [-0.25, -0.2) is 9.97 Å². The Kier molecular flexibility index (Phi) is 3.81. The number of allylic oxidation sites excluding steroid dienone is 1. The van der Waals surface area contributed by atoms with Crippen LogP contribution in [-0.4, -0.2) is 30.2 Å². The molecule has 0 fully saturated rings. The van der Waals surface area contributed by atoms with E-state index in [1.165, 1.54) is 11.1 Å². The van der Waals surface area contributed by atoms with Gasteiger partial charge in [0.25, 0.3) is 0 Å². The summed E-state index contributed by atoms with van der Waals surface area (Å²) >= 11 is 0. The zero-order valence-electron chi connectivity index (χ0n) is 17.3. The first-order chi connectivity index (χ1) is 14.7. The first kappa shape index (κ1) is 17.4. The highest BCUT2D eigenvalue weighted by molar-refractivity contribution is 5.77. The molecule has 1 N–H and O–H groups in total. The molecule has 3 heterocycles. The van der Waals surface area contributed by atoms with Crippen molar-refractivity contribution in [3.05, 3.63) is 77.0 Å². The van der Waals surface area contributed by atoms with E-state index in [1.807, 2.05) is 34.6 Å². The SMILES string of the molecule is Cc1cnn2c(NC3CCC4=C(C3)c3ccccc3C4)cc(-n3ccnc3C)nc12. The molecule has 6 nitrogen and oxygen atoms in total. The van der Waals surface area contributed by atoms with Gasteiger partial charge in [0, 0.05) is 30.1 Å². The van der Waals surface area contributed by atoms with Gasteiger partial charge < -0.3 is 5.32 Å². The lowest BCUT2D eigenvalue weighted by atomic mass is 9.88. The largest absolute Gasteiger partial charge is 0.367 e. The minimum absolute atomic E-state index is 0.377. The van der Waals surface area contributed by atoms with Gasteiger partial charge in [-0.15, -0.1) is 0 Å². The van der Waals surface area contributed by atoms with E-state index in [2.05, 4.69) is 52.7 Å². The molecule has 0 aliphatic heterocycles. The highest BCUT2D eigenvalue weighted by atomic mass is 15.3. The van der Waals surface area contributed by atoms with Crippen molar-refractivity contribution in [2.75, 3.05) is 5.32 Å². The maximum Gasteiger partial charge on any atom is 0.162 e. The lowest BCUT2D eigenvalue weighted by Gasteiger charge is -2.26. The molecule has 1 unspecified atom stereocenters. The Balaban J connectivity index is 1.36. The van der Waals surface area contributed by atoms with E-state index in [0.29, 0.717) is 6.04 Å². The van der Waals surface area contributed by atoms with Gasteiger partial charge in [-0.05, 0) is 56.2 Å². The van der Waals surface area contributed by atoms with Crippen LogP contribution in [0.4, 0.5) is 5.82 Å². The van der Waals surface area contributed by atoms with Gasteiger partial charge in [-0.3, -0.25) is 4.57 Å². The van der Waals surface area contributed by atoms with Crippen LogP contribution in [0.2, 0.25) is 0 Å². The molecule has 0 radical (unpaired) electrons. The monoisotopic (exact) mass is 396 g/mol. The van der Waals surface area contributed by atoms with E-state index in [4.69, 9.17) is 4.98 Å². The van der Waals surface area contributed by atoms with Gasteiger partial charge in [-0.2, -0.15) is 9.61 Å². The van der Waals surface area contributed by atoms with Crippen LogP contribution < -0.4 is 5.32 Å². The zero-order valence-corrected chi connectivity index (χ0v) is 17.3. The second-order valence-electron chi connectivity index (χ2n) is 8.41. The summed E-state index contributed by atoms with van der Waals surface area (Å²) in [5.74, 6) is 2.77. The Labute approximate surface area is 175 Å². The Hall–Kier alpha value is -3.41.